The summed E-state index contributed by atoms with van der Waals surface area (Å²) in [6.45, 7) is 1.98. The zero-order valence-corrected chi connectivity index (χ0v) is 13.5. The highest BCUT2D eigenvalue weighted by atomic mass is 16.5. The van der Waals surface area contributed by atoms with Gasteiger partial charge in [0.25, 0.3) is 5.91 Å². The Bertz CT molecular complexity index is 824. The van der Waals surface area contributed by atoms with Gasteiger partial charge in [-0.05, 0) is 6.92 Å². The molecule has 2 N–H and O–H groups in total. The number of nitrogens with one attached hydrogen (secondary N) is 2. The monoisotopic (exact) mass is 326 g/mol. The fourth-order valence-electron chi connectivity index (χ4n) is 2.33. The van der Waals surface area contributed by atoms with Crippen molar-refractivity contribution < 1.29 is 9.53 Å². The number of aryl methyl sites for hydroxylation is 2. The number of hydrogen-bond acceptors (Lipinski definition) is 5. The smallest absolute Gasteiger partial charge is 0.251 e. The summed E-state index contributed by atoms with van der Waals surface area (Å²) in [6.07, 6.45) is 0. The molecule has 1 aromatic carbocycles. The van der Waals surface area contributed by atoms with Crippen molar-refractivity contribution in [3.63, 3.8) is 0 Å². The van der Waals surface area contributed by atoms with E-state index in [4.69, 9.17) is 4.74 Å². The molecule has 0 radical (unpaired) electrons. The second-order valence-electron chi connectivity index (χ2n) is 5.32. The van der Waals surface area contributed by atoms with Crippen LogP contribution in [0, 0.1) is 6.92 Å². The molecule has 24 heavy (non-hydrogen) atoms. The van der Waals surface area contributed by atoms with Gasteiger partial charge in [0.05, 0.1) is 12.3 Å². The maximum atomic E-state index is 11.9. The highest BCUT2D eigenvalue weighted by Gasteiger charge is 2.12. The molecule has 0 aliphatic rings. The standard InChI is InChI=1S/C16H18N6O2/c1-11-8-14(22(2)20-11)17-15(23)10-24-9-13-16(19-21-18-13)12-6-4-3-5-7-12/h3-8H,9-10H2,1-2H3,(H,17,23)(H,18,19,21). The molecule has 8 nitrogen and oxygen atoms in total. The molecule has 0 bridgehead atoms. The molecule has 0 aliphatic heterocycles. The van der Waals surface area contributed by atoms with Crippen LogP contribution in [0.25, 0.3) is 11.3 Å². The summed E-state index contributed by atoms with van der Waals surface area (Å²) < 4.78 is 7.07. The summed E-state index contributed by atoms with van der Waals surface area (Å²) in [5.41, 5.74) is 3.16. The molecular formula is C16H18N6O2. The van der Waals surface area contributed by atoms with E-state index >= 15 is 0 Å². The topological polar surface area (TPSA) is 97.7 Å². The number of aromatic nitrogens is 5. The van der Waals surface area contributed by atoms with Crippen LogP contribution in [0.15, 0.2) is 36.4 Å². The van der Waals surface area contributed by atoms with Gasteiger partial charge < -0.3 is 10.1 Å². The van der Waals surface area contributed by atoms with Crippen LogP contribution in [0.5, 0.6) is 0 Å². The van der Waals surface area contributed by atoms with Crippen molar-refractivity contribution in [3.05, 3.63) is 47.8 Å². The SMILES string of the molecule is Cc1cc(NC(=O)COCc2n[nH]nc2-c2ccccc2)n(C)n1. The fourth-order valence-corrected chi connectivity index (χ4v) is 2.33. The summed E-state index contributed by atoms with van der Waals surface area (Å²) in [4.78, 5) is 11.9. The van der Waals surface area contributed by atoms with Crippen LogP contribution in [-0.4, -0.2) is 37.7 Å². The third-order valence-electron chi connectivity index (χ3n) is 3.41. The molecule has 3 rings (SSSR count). The summed E-state index contributed by atoms with van der Waals surface area (Å²) >= 11 is 0. The normalized spacial score (nSPS) is 10.8. The molecule has 0 saturated carbocycles. The zero-order valence-electron chi connectivity index (χ0n) is 13.5. The first kappa shape index (κ1) is 15.9. The Hall–Kier alpha value is -3.00. The largest absolute Gasteiger partial charge is 0.365 e. The lowest BCUT2D eigenvalue weighted by Gasteiger charge is -2.06. The highest BCUT2D eigenvalue weighted by molar-refractivity contribution is 5.90. The lowest BCUT2D eigenvalue weighted by Crippen LogP contribution is -2.20. The molecule has 0 saturated heterocycles. The summed E-state index contributed by atoms with van der Waals surface area (Å²) in [5, 5.41) is 17.7. The van der Waals surface area contributed by atoms with Crippen molar-refractivity contribution in [2.24, 2.45) is 7.05 Å². The molecule has 0 fully saturated rings. The van der Waals surface area contributed by atoms with E-state index in [0.717, 1.165) is 17.0 Å². The molecule has 0 spiro atoms. The zero-order chi connectivity index (χ0) is 16.9. The Morgan fingerprint density at radius 1 is 1.29 bits per heavy atom. The molecular weight excluding hydrogens is 308 g/mol. The number of anilines is 1. The van der Waals surface area contributed by atoms with Gasteiger partial charge in [-0.2, -0.15) is 20.5 Å². The average molecular weight is 326 g/mol. The van der Waals surface area contributed by atoms with E-state index in [1.165, 1.54) is 0 Å². The summed E-state index contributed by atoms with van der Waals surface area (Å²) in [6, 6.07) is 11.5. The molecule has 0 atom stereocenters. The second-order valence-corrected chi connectivity index (χ2v) is 5.32. The second kappa shape index (κ2) is 7.05. The number of ether oxygens (including phenoxy) is 1. The molecule has 2 heterocycles. The quantitative estimate of drug-likeness (QED) is 0.718. The molecule has 8 heteroatoms. The number of amides is 1. The minimum absolute atomic E-state index is 0.0781. The molecule has 2 aromatic heterocycles. The van der Waals surface area contributed by atoms with Gasteiger partial charge in [0, 0.05) is 18.7 Å². The van der Waals surface area contributed by atoms with Crippen molar-refractivity contribution in [2.75, 3.05) is 11.9 Å². The molecule has 124 valence electrons. The Morgan fingerprint density at radius 2 is 2.08 bits per heavy atom. The predicted octanol–water partition coefficient (Wildman–Crippen LogP) is 1.67. The first-order valence-corrected chi connectivity index (χ1v) is 7.47. The Balaban J connectivity index is 1.55. The van der Waals surface area contributed by atoms with Crippen molar-refractivity contribution in [3.8, 4) is 11.3 Å². The number of rotatable bonds is 6. The van der Waals surface area contributed by atoms with Crippen LogP contribution in [0.2, 0.25) is 0 Å². The lowest BCUT2D eigenvalue weighted by atomic mass is 10.1. The molecule has 0 unspecified atom stereocenters. The number of hydrogen-bond donors (Lipinski definition) is 2. The van der Waals surface area contributed by atoms with Gasteiger partial charge in [0.15, 0.2) is 0 Å². The van der Waals surface area contributed by atoms with Crippen molar-refractivity contribution in [1.82, 2.24) is 25.2 Å². The third-order valence-corrected chi connectivity index (χ3v) is 3.41. The first-order chi connectivity index (χ1) is 11.6. The third kappa shape index (κ3) is 3.66. The van der Waals surface area contributed by atoms with E-state index < -0.39 is 0 Å². The van der Waals surface area contributed by atoms with Crippen LogP contribution >= 0.6 is 0 Å². The number of carbonyl (C=O) groups is 1. The van der Waals surface area contributed by atoms with Gasteiger partial charge in [-0.25, -0.2) is 0 Å². The van der Waals surface area contributed by atoms with Gasteiger partial charge >= 0.3 is 0 Å². The van der Waals surface area contributed by atoms with Gasteiger partial charge in [0.1, 0.15) is 23.8 Å². The van der Waals surface area contributed by atoms with E-state index in [0.29, 0.717) is 11.5 Å². The van der Waals surface area contributed by atoms with Crippen LogP contribution in [0.3, 0.4) is 0 Å². The average Bonchev–Trinajstić information content (AvgIpc) is 3.15. The number of nitrogens with zero attached hydrogens (tertiary/aromatic N) is 4. The van der Waals surface area contributed by atoms with Crippen molar-refractivity contribution in [2.45, 2.75) is 13.5 Å². The fraction of sp³-hybridized carbons (Fsp3) is 0.250. The molecule has 3 aromatic rings. The minimum atomic E-state index is -0.247. The van der Waals surface area contributed by atoms with E-state index in [1.54, 1.807) is 17.8 Å². The Kier molecular flexibility index (Phi) is 4.66. The maximum absolute atomic E-state index is 11.9. The maximum Gasteiger partial charge on any atom is 0.251 e. The number of carbonyl (C=O) groups excluding carboxylic acids is 1. The minimum Gasteiger partial charge on any atom is -0.365 e. The summed E-state index contributed by atoms with van der Waals surface area (Å²) in [7, 11) is 1.77. The van der Waals surface area contributed by atoms with Gasteiger partial charge in [-0.1, -0.05) is 30.3 Å². The number of H-pyrrole nitrogens is 1. The Labute approximate surface area is 138 Å². The van der Waals surface area contributed by atoms with Gasteiger partial charge in [0.2, 0.25) is 0 Å². The van der Waals surface area contributed by atoms with E-state index in [2.05, 4.69) is 25.8 Å². The van der Waals surface area contributed by atoms with E-state index in [1.807, 2.05) is 37.3 Å². The molecule has 1 amide bonds. The van der Waals surface area contributed by atoms with Crippen LogP contribution < -0.4 is 5.32 Å². The highest BCUT2D eigenvalue weighted by Crippen LogP contribution is 2.19. The number of benzene rings is 1. The Morgan fingerprint density at radius 3 is 2.79 bits per heavy atom. The first-order valence-electron chi connectivity index (χ1n) is 7.47. The van der Waals surface area contributed by atoms with Crippen molar-refractivity contribution >= 4 is 11.7 Å². The van der Waals surface area contributed by atoms with E-state index in [9.17, 15) is 4.79 Å². The van der Waals surface area contributed by atoms with Crippen molar-refractivity contribution in [1.29, 1.82) is 0 Å². The van der Waals surface area contributed by atoms with Gasteiger partial charge in [-0.3, -0.25) is 9.48 Å². The van der Waals surface area contributed by atoms with Gasteiger partial charge in [-0.15, -0.1) is 0 Å². The summed E-state index contributed by atoms with van der Waals surface area (Å²) in [5.74, 6) is 0.385. The predicted molar refractivity (Wildman–Crippen MR) is 88.0 cm³/mol. The lowest BCUT2D eigenvalue weighted by molar-refractivity contribution is -0.121. The molecule has 0 aliphatic carbocycles. The van der Waals surface area contributed by atoms with E-state index in [-0.39, 0.29) is 19.1 Å². The number of aromatic amines is 1. The van der Waals surface area contributed by atoms with Crippen LogP contribution in [-0.2, 0) is 23.2 Å². The van der Waals surface area contributed by atoms with Crippen LogP contribution in [0.1, 0.15) is 11.4 Å². The van der Waals surface area contributed by atoms with Crippen LogP contribution in [0.4, 0.5) is 5.82 Å².